The second kappa shape index (κ2) is 5.78. The average Bonchev–Trinajstić information content (AvgIpc) is 3.17. The van der Waals surface area contributed by atoms with Gasteiger partial charge in [0.25, 0.3) is 5.91 Å². The predicted molar refractivity (Wildman–Crippen MR) is 72.3 cm³/mol. The fourth-order valence-electron chi connectivity index (χ4n) is 2.28. The van der Waals surface area contributed by atoms with Gasteiger partial charge in [-0.25, -0.2) is 0 Å². The zero-order chi connectivity index (χ0) is 15.5. The molecule has 1 fully saturated rings. The normalized spacial score (nSPS) is 23.6. The van der Waals surface area contributed by atoms with Crippen molar-refractivity contribution in [2.45, 2.75) is 18.8 Å². The third-order valence-electron chi connectivity index (χ3n) is 3.67. The zero-order valence-corrected chi connectivity index (χ0v) is 11.5. The molecule has 1 aliphatic rings. The fourth-order valence-corrected chi connectivity index (χ4v) is 2.28. The van der Waals surface area contributed by atoms with Crippen molar-refractivity contribution in [3.63, 3.8) is 0 Å². The number of hydrazine groups is 1. The predicted octanol–water partition coefficient (Wildman–Crippen LogP) is -0.582. The maximum atomic E-state index is 12.0. The third-order valence-corrected chi connectivity index (χ3v) is 3.67. The molecule has 6 heteroatoms. The molecular formula is C15H15N2O4-. The summed E-state index contributed by atoms with van der Waals surface area (Å²) in [6.07, 6.45) is 2.07. The minimum atomic E-state index is -1.48. The highest BCUT2D eigenvalue weighted by atomic mass is 16.4. The molecule has 0 spiro atoms. The van der Waals surface area contributed by atoms with Crippen molar-refractivity contribution in [3.05, 3.63) is 48.0 Å². The van der Waals surface area contributed by atoms with E-state index in [4.69, 9.17) is 0 Å². The van der Waals surface area contributed by atoms with Crippen LogP contribution < -0.4 is 16.0 Å². The summed E-state index contributed by atoms with van der Waals surface area (Å²) >= 11 is 0. The Bertz CT molecular complexity index is 597. The molecule has 0 unspecified atom stereocenters. The van der Waals surface area contributed by atoms with Crippen LogP contribution in [0.2, 0.25) is 0 Å². The van der Waals surface area contributed by atoms with Crippen molar-refractivity contribution in [2.75, 3.05) is 0 Å². The summed E-state index contributed by atoms with van der Waals surface area (Å²) < 4.78 is 0. The maximum Gasteiger partial charge on any atom is 0.262 e. The van der Waals surface area contributed by atoms with Gasteiger partial charge in [-0.05, 0) is 18.1 Å². The lowest BCUT2D eigenvalue weighted by molar-refractivity contribution is -0.297. The molecule has 6 nitrogen and oxygen atoms in total. The van der Waals surface area contributed by atoms with E-state index >= 15 is 0 Å². The van der Waals surface area contributed by atoms with Crippen molar-refractivity contribution in [1.82, 2.24) is 10.9 Å². The molecule has 2 amide bonds. The molecule has 110 valence electrons. The summed E-state index contributed by atoms with van der Waals surface area (Å²) in [6, 6.07) is 9.68. The molecule has 0 radical (unpaired) electrons. The molecule has 2 N–H and O–H groups in total. The number of carbonyl (C=O) groups excluding carboxylic acids is 3. The quantitative estimate of drug-likeness (QED) is 0.571. The van der Waals surface area contributed by atoms with Gasteiger partial charge in [-0.15, -0.1) is 0 Å². The molecule has 0 saturated heterocycles. The van der Waals surface area contributed by atoms with Crippen molar-refractivity contribution in [1.29, 1.82) is 0 Å². The molecule has 1 aromatic carbocycles. The van der Waals surface area contributed by atoms with Crippen LogP contribution in [0.4, 0.5) is 0 Å². The number of aliphatic carboxylic acids is 1. The summed E-state index contributed by atoms with van der Waals surface area (Å²) in [6.45, 7) is 1.99. The fraction of sp³-hybridized carbons (Fsp3) is 0.267. The van der Waals surface area contributed by atoms with Crippen molar-refractivity contribution < 1.29 is 19.5 Å². The number of benzene rings is 1. The first-order valence-electron chi connectivity index (χ1n) is 6.48. The zero-order valence-electron chi connectivity index (χ0n) is 11.5. The van der Waals surface area contributed by atoms with Crippen LogP contribution in [-0.2, 0) is 19.8 Å². The molecule has 0 heterocycles. The largest absolute Gasteiger partial charge is 0.545 e. The summed E-state index contributed by atoms with van der Waals surface area (Å²) in [5, 5.41) is 10.1. The van der Waals surface area contributed by atoms with Crippen LogP contribution in [0.5, 0.6) is 0 Å². The van der Waals surface area contributed by atoms with Crippen LogP contribution in [0.15, 0.2) is 42.5 Å². The van der Waals surface area contributed by atoms with Crippen LogP contribution in [-0.4, -0.2) is 17.8 Å². The molecule has 0 bridgehead atoms. The van der Waals surface area contributed by atoms with E-state index in [1.54, 1.807) is 0 Å². The maximum absolute atomic E-state index is 12.0. The van der Waals surface area contributed by atoms with E-state index in [0.29, 0.717) is 12.5 Å². The molecule has 2 atom stereocenters. The molecular weight excluding hydrogens is 272 g/mol. The van der Waals surface area contributed by atoms with Gasteiger partial charge in [0.2, 0.25) is 5.91 Å². The number of carboxylic acid groups (broad SMARTS) is 1. The van der Waals surface area contributed by atoms with Crippen LogP contribution in [0.1, 0.15) is 18.9 Å². The molecule has 0 aliphatic heterocycles. The average molecular weight is 287 g/mol. The van der Waals surface area contributed by atoms with Gasteiger partial charge >= 0.3 is 0 Å². The third kappa shape index (κ3) is 3.47. The summed E-state index contributed by atoms with van der Waals surface area (Å²) in [5.74, 6) is -2.72. The van der Waals surface area contributed by atoms with Crippen molar-refractivity contribution in [2.24, 2.45) is 5.92 Å². The van der Waals surface area contributed by atoms with Crippen LogP contribution in [0.25, 0.3) is 0 Å². The first kappa shape index (κ1) is 14.8. The first-order valence-corrected chi connectivity index (χ1v) is 6.48. The number of hydrogen-bond donors (Lipinski definition) is 2. The highest BCUT2D eigenvalue weighted by Gasteiger charge is 2.55. The topological polar surface area (TPSA) is 98.3 Å². The molecule has 1 aliphatic carbocycles. The molecule has 1 aromatic rings. The van der Waals surface area contributed by atoms with E-state index in [1.165, 1.54) is 0 Å². The lowest BCUT2D eigenvalue weighted by atomic mass is 9.95. The SMILES string of the molecule is C[C@@]1(c2ccccc2)C[C@@H]1C(=O)NNC(=O)C=CC(=O)[O-]. The Kier molecular flexibility index (Phi) is 4.07. The minimum Gasteiger partial charge on any atom is -0.545 e. The van der Waals surface area contributed by atoms with Gasteiger partial charge in [0.1, 0.15) is 0 Å². The van der Waals surface area contributed by atoms with Gasteiger partial charge in [-0.2, -0.15) is 0 Å². The molecule has 0 aromatic heterocycles. The van der Waals surface area contributed by atoms with Crippen LogP contribution in [0.3, 0.4) is 0 Å². The highest BCUT2D eigenvalue weighted by molar-refractivity contribution is 5.95. The Morgan fingerprint density at radius 3 is 2.48 bits per heavy atom. The summed E-state index contributed by atoms with van der Waals surface area (Å²) in [5.41, 5.74) is 5.27. The Hall–Kier alpha value is -2.63. The molecule has 21 heavy (non-hydrogen) atoms. The Balaban J connectivity index is 1.86. The lowest BCUT2D eigenvalue weighted by Crippen LogP contribution is -2.42. The Morgan fingerprint density at radius 1 is 1.19 bits per heavy atom. The van der Waals surface area contributed by atoms with Crippen LogP contribution >= 0.6 is 0 Å². The number of nitrogens with one attached hydrogen (secondary N) is 2. The van der Waals surface area contributed by atoms with Gasteiger partial charge in [-0.1, -0.05) is 37.3 Å². The van der Waals surface area contributed by atoms with Gasteiger partial charge in [-0.3, -0.25) is 20.4 Å². The van der Waals surface area contributed by atoms with E-state index < -0.39 is 11.9 Å². The van der Waals surface area contributed by atoms with Gasteiger partial charge in [0, 0.05) is 17.4 Å². The Labute approximate surface area is 121 Å². The standard InChI is InChI=1S/C15H16N2O4/c1-15(10-5-3-2-4-6-10)9-11(15)14(21)17-16-12(18)7-8-13(19)20/h2-8,11H,9H2,1H3,(H,16,18)(H,17,21)(H,19,20)/p-1/t11-,15+/m1/s1. The van der Waals surface area contributed by atoms with Crippen molar-refractivity contribution in [3.8, 4) is 0 Å². The smallest absolute Gasteiger partial charge is 0.262 e. The molecule has 1 saturated carbocycles. The highest BCUT2D eigenvalue weighted by Crippen LogP contribution is 2.53. The van der Waals surface area contributed by atoms with E-state index in [9.17, 15) is 19.5 Å². The summed E-state index contributed by atoms with van der Waals surface area (Å²) in [7, 11) is 0. The van der Waals surface area contributed by atoms with Gasteiger partial charge < -0.3 is 9.90 Å². The monoisotopic (exact) mass is 287 g/mol. The Morgan fingerprint density at radius 2 is 1.86 bits per heavy atom. The number of carbonyl (C=O) groups is 3. The van der Waals surface area contributed by atoms with E-state index in [1.807, 2.05) is 37.3 Å². The van der Waals surface area contributed by atoms with Crippen LogP contribution in [0, 0.1) is 5.92 Å². The van der Waals surface area contributed by atoms with Gasteiger partial charge in [0.15, 0.2) is 0 Å². The van der Waals surface area contributed by atoms with Gasteiger partial charge in [0.05, 0.1) is 5.97 Å². The lowest BCUT2D eigenvalue weighted by Gasteiger charge is -2.12. The minimum absolute atomic E-state index is 0.217. The van der Waals surface area contributed by atoms with E-state index in [2.05, 4.69) is 10.9 Å². The van der Waals surface area contributed by atoms with E-state index in [0.717, 1.165) is 11.6 Å². The summed E-state index contributed by atoms with van der Waals surface area (Å²) in [4.78, 5) is 33.3. The van der Waals surface area contributed by atoms with Crippen molar-refractivity contribution >= 4 is 17.8 Å². The second-order valence-electron chi connectivity index (χ2n) is 5.17. The number of carboxylic acids is 1. The second-order valence-corrected chi connectivity index (χ2v) is 5.17. The number of amides is 2. The number of rotatable bonds is 4. The van der Waals surface area contributed by atoms with E-state index in [-0.39, 0.29) is 17.2 Å². The first-order chi connectivity index (χ1) is 9.93. The molecule has 2 rings (SSSR count). The number of hydrogen-bond acceptors (Lipinski definition) is 4.